The van der Waals surface area contributed by atoms with Crippen molar-refractivity contribution >= 4 is 0 Å². The molecule has 0 aromatic carbocycles. The molecule has 14 heavy (non-hydrogen) atoms. The molecule has 0 amide bonds. The van der Waals surface area contributed by atoms with Crippen LogP contribution in [0.1, 0.15) is 38.5 Å². The van der Waals surface area contributed by atoms with E-state index < -0.39 is 0 Å². The third kappa shape index (κ3) is 6.47. The summed E-state index contributed by atoms with van der Waals surface area (Å²) in [5.41, 5.74) is 0. The van der Waals surface area contributed by atoms with E-state index in [1.165, 1.54) is 19.3 Å². The molecule has 0 nitrogen and oxygen atoms in total. The average molecular weight is 187 g/mol. The van der Waals surface area contributed by atoms with E-state index >= 15 is 0 Å². The van der Waals surface area contributed by atoms with Gasteiger partial charge in [-0.1, -0.05) is 42.5 Å². The second-order valence-electron chi connectivity index (χ2n) is 3.46. The Morgan fingerprint density at radius 3 is 2.36 bits per heavy atom. The number of hydrogen-bond donors (Lipinski definition) is 0. The van der Waals surface area contributed by atoms with Gasteiger partial charge in [0.1, 0.15) is 0 Å². The molecule has 0 saturated heterocycles. The molecule has 1 rings (SSSR count). The summed E-state index contributed by atoms with van der Waals surface area (Å²) in [7, 11) is 0. The first kappa shape index (κ1) is 11.0. The fourth-order valence-corrected chi connectivity index (χ4v) is 1.35. The van der Waals surface area contributed by atoms with Crippen LogP contribution in [-0.4, -0.2) is 0 Å². The predicted octanol–water partition coefficient (Wildman–Crippen LogP) is 4.37. The van der Waals surface area contributed by atoms with Gasteiger partial charge in [0.05, 0.1) is 0 Å². The predicted molar refractivity (Wildman–Crippen MR) is 62.9 cm³/mol. The lowest BCUT2D eigenvalue weighted by Crippen LogP contribution is -1.71. The van der Waals surface area contributed by atoms with Gasteiger partial charge in [-0.25, -0.2) is 0 Å². The lowest BCUT2D eigenvalue weighted by molar-refractivity contribution is 0.860. The molecule has 0 atom stereocenters. The fraction of sp³-hybridized carbons (Fsp3) is 0.429. The van der Waals surface area contributed by atoms with Gasteiger partial charge in [0.15, 0.2) is 0 Å². The zero-order valence-corrected chi connectivity index (χ0v) is 8.78. The highest BCUT2D eigenvalue weighted by Crippen LogP contribution is 2.02. The molecule has 0 fully saturated rings. The molecule has 0 aromatic heterocycles. The van der Waals surface area contributed by atoms with Gasteiger partial charge in [-0.3, -0.25) is 0 Å². The Kier molecular flexibility index (Phi) is 6.74. The van der Waals surface area contributed by atoms with E-state index in [0.717, 1.165) is 19.3 Å². The molecule has 0 aromatic rings. The van der Waals surface area contributed by atoms with Crippen molar-refractivity contribution in [2.75, 3.05) is 0 Å². The highest BCUT2D eigenvalue weighted by Gasteiger charge is 1.82. The first-order valence-corrected chi connectivity index (χ1v) is 5.53. The Bertz CT molecular complexity index is 228. The first-order valence-electron chi connectivity index (χ1n) is 5.53. The summed E-state index contributed by atoms with van der Waals surface area (Å²) < 4.78 is 0. The Balaban J connectivity index is 2.35. The number of hydrogen-bond acceptors (Lipinski definition) is 0. The molecule has 75 valence electrons. The van der Waals surface area contributed by atoms with Crippen molar-refractivity contribution in [1.82, 2.24) is 0 Å². The van der Waals surface area contributed by atoms with Crippen molar-refractivity contribution in [3.05, 3.63) is 48.6 Å². The van der Waals surface area contributed by atoms with Crippen LogP contribution >= 0.6 is 0 Å². The average Bonchev–Trinajstić information content (AvgIpc) is 2.22. The summed E-state index contributed by atoms with van der Waals surface area (Å²) in [6.45, 7) is 0. The third-order valence-corrected chi connectivity index (χ3v) is 2.16. The van der Waals surface area contributed by atoms with Crippen LogP contribution in [0.2, 0.25) is 0 Å². The van der Waals surface area contributed by atoms with Gasteiger partial charge in [0, 0.05) is 0 Å². The van der Waals surface area contributed by atoms with Crippen LogP contribution in [0.15, 0.2) is 42.5 Å². The summed E-state index contributed by atoms with van der Waals surface area (Å²) in [5, 5.41) is 0. The minimum absolute atomic E-state index is 1.01. The van der Waals surface area contributed by atoms with E-state index in [9.17, 15) is 0 Å². The molecule has 0 unspecified atom stereocenters. The van der Waals surface area contributed by atoms with Gasteiger partial charge in [-0.05, 0) is 44.6 Å². The van der Waals surface area contributed by atoms with Crippen LogP contribution < -0.4 is 0 Å². The highest BCUT2D eigenvalue weighted by atomic mass is 13.9. The van der Waals surface area contributed by atoms with Crippen LogP contribution in [-0.2, 0) is 0 Å². The summed E-state index contributed by atoms with van der Waals surface area (Å²) in [4.78, 5) is 0. The molecule has 0 heteroatoms. The van der Waals surface area contributed by atoms with Crippen LogP contribution in [0.3, 0.4) is 0 Å². The monoisotopic (exact) mass is 187 g/mol. The van der Waals surface area contributed by atoms with Crippen molar-refractivity contribution in [3.8, 4) is 0 Å². The summed E-state index contributed by atoms with van der Waals surface area (Å²) in [6, 6.07) is 0. The molecule has 1 aliphatic rings. The Morgan fingerprint density at radius 1 is 0.714 bits per heavy atom. The topological polar surface area (TPSA) is 0 Å². The maximum atomic E-state index is 3.16. The SMILES string of the molecule is [C]1=C/C/C=C/CCC/C=C/CC\C=C/1. The summed E-state index contributed by atoms with van der Waals surface area (Å²) in [5.74, 6) is 0. The highest BCUT2D eigenvalue weighted by molar-refractivity contribution is 5.00. The Labute approximate surface area is 87.7 Å². The van der Waals surface area contributed by atoms with Gasteiger partial charge in [-0.2, -0.15) is 0 Å². The van der Waals surface area contributed by atoms with Gasteiger partial charge >= 0.3 is 0 Å². The van der Waals surface area contributed by atoms with Crippen LogP contribution in [0.4, 0.5) is 0 Å². The molecular formula is C14H19. The zero-order chi connectivity index (χ0) is 9.90. The number of rotatable bonds is 0. The number of allylic oxidation sites excluding steroid dienone is 8. The van der Waals surface area contributed by atoms with Gasteiger partial charge in [0.2, 0.25) is 0 Å². The normalized spacial score (nSPS) is 28.6. The molecule has 0 N–H and O–H groups in total. The molecule has 1 radical (unpaired) electrons. The smallest absolute Gasteiger partial charge is 0.0160 e. The van der Waals surface area contributed by atoms with Gasteiger partial charge in [0.25, 0.3) is 0 Å². The van der Waals surface area contributed by atoms with Crippen molar-refractivity contribution in [1.29, 1.82) is 0 Å². The standard InChI is InChI=1S/C14H19/c1-2-4-6-8-10-12-14-13-11-9-7-5-3-1/h1-2,5,9-12H,3-4,6,8,13-14H2/b2-1+,7-5?,11-9-,12-10+. The summed E-state index contributed by atoms with van der Waals surface area (Å²) >= 11 is 0. The molecular weight excluding hydrogens is 168 g/mol. The van der Waals surface area contributed by atoms with E-state index in [4.69, 9.17) is 0 Å². The van der Waals surface area contributed by atoms with Crippen LogP contribution in [0.25, 0.3) is 0 Å². The Morgan fingerprint density at radius 2 is 1.43 bits per heavy atom. The second kappa shape index (κ2) is 8.55. The molecule has 0 spiro atoms. The maximum Gasteiger partial charge on any atom is -0.0160 e. The molecule has 0 bridgehead atoms. The third-order valence-electron chi connectivity index (χ3n) is 2.16. The Hall–Kier alpha value is -1.04. The van der Waals surface area contributed by atoms with Crippen molar-refractivity contribution in [2.45, 2.75) is 38.5 Å². The first-order chi connectivity index (χ1) is 7.00. The van der Waals surface area contributed by atoms with E-state index in [1.807, 2.05) is 6.08 Å². The minimum Gasteiger partial charge on any atom is -0.0885 e. The maximum absolute atomic E-state index is 3.16. The van der Waals surface area contributed by atoms with Gasteiger partial charge < -0.3 is 0 Å². The van der Waals surface area contributed by atoms with Crippen LogP contribution in [0, 0.1) is 6.08 Å². The lowest BCUT2D eigenvalue weighted by Gasteiger charge is -1.91. The molecule has 0 heterocycles. The molecule has 1 aliphatic carbocycles. The fourth-order valence-electron chi connectivity index (χ4n) is 1.35. The molecule has 0 saturated carbocycles. The summed E-state index contributed by atoms with van der Waals surface area (Å²) in [6.07, 6.45) is 25.5. The molecule has 0 aliphatic heterocycles. The quantitative estimate of drug-likeness (QED) is 0.494. The largest absolute Gasteiger partial charge is 0.0885 e. The van der Waals surface area contributed by atoms with Crippen molar-refractivity contribution in [2.24, 2.45) is 0 Å². The zero-order valence-electron chi connectivity index (χ0n) is 8.78. The minimum atomic E-state index is 1.01. The van der Waals surface area contributed by atoms with E-state index in [0.29, 0.717) is 0 Å². The lowest BCUT2D eigenvalue weighted by atomic mass is 10.2. The van der Waals surface area contributed by atoms with E-state index in [-0.39, 0.29) is 0 Å². The van der Waals surface area contributed by atoms with E-state index in [2.05, 4.69) is 42.5 Å². The van der Waals surface area contributed by atoms with Crippen molar-refractivity contribution < 1.29 is 0 Å². The second-order valence-corrected chi connectivity index (χ2v) is 3.46. The van der Waals surface area contributed by atoms with E-state index in [1.54, 1.807) is 0 Å². The van der Waals surface area contributed by atoms with Crippen molar-refractivity contribution in [3.63, 3.8) is 0 Å². The van der Waals surface area contributed by atoms with Gasteiger partial charge in [-0.15, -0.1) is 0 Å². The van der Waals surface area contributed by atoms with Crippen LogP contribution in [0.5, 0.6) is 0 Å².